The second-order valence-corrected chi connectivity index (χ2v) is 5.49. The topological polar surface area (TPSA) is 79.5 Å². The molecule has 7 heteroatoms. The molecule has 0 bridgehead atoms. The van der Waals surface area contributed by atoms with E-state index in [1.54, 1.807) is 29.2 Å². The first kappa shape index (κ1) is 13.9. The SMILES string of the molecule is O=C(O)CN(Cc1noc(C2CC2)n1)c1cccc(Cl)c1. The third-order valence-electron chi connectivity index (χ3n) is 3.24. The lowest BCUT2D eigenvalue weighted by Crippen LogP contribution is -2.29. The summed E-state index contributed by atoms with van der Waals surface area (Å²) in [6.07, 6.45) is 2.16. The summed E-state index contributed by atoms with van der Waals surface area (Å²) in [6.45, 7) is 0.108. The van der Waals surface area contributed by atoms with E-state index >= 15 is 0 Å². The molecule has 0 atom stereocenters. The van der Waals surface area contributed by atoms with Crippen LogP contribution in [0.2, 0.25) is 5.02 Å². The number of carboxylic acids is 1. The van der Waals surface area contributed by atoms with Crippen molar-refractivity contribution in [1.29, 1.82) is 0 Å². The van der Waals surface area contributed by atoms with Crippen LogP contribution in [0.15, 0.2) is 28.8 Å². The molecule has 21 heavy (non-hydrogen) atoms. The summed E-state index contributed by atoms with van der Waals surface area (Å²) in [5.74, 6) is 0.579. The highest BCUT2D eigenvalue weighted by Crippen LogP contribution is 2.38. The van der Waals surface area contributed by atoms with Crippen molar-refractivity contribution >= 4 is 23.3 Å². The molecule has 3 rings (SSSR count). The Kier molecular flexibility index (Phi) is 3.79. The third kappa shape index (κ3) is 3.52. The first-order valence-corrected chi connectivity index (χ1v) is 7.04. The van der Waals surface area contributed by atoms with Crippen LogP contribution in [0.3, 0.4) is 0 Å². The minimum absolute atomic E-state index is 0.159. The van der Waals surface area contributed by atoms with E-state index in [0.717, 1.165) is 12.8 Å². The molecule has 0 saturated heterocycles. The molecule has 110 valence electrons. The third-order valence-corrected chi connectivity index (χ3v) is 3.48. The quantitative estimate of drug-likeness (QED) is 0.884. The van der Waals surface area contributed by atoms with Crippen molar-refractivity contribution in [2.24, 2.45) is 0 Å². The molecular weight excluding hydrogens is 294 g/mol. The highest BCUT2D eigenvalue weighted by molar-refractivity contribution is 6.30. The molecule has 1 heterocycles. The van der Waals surface area contributed by atoms with Crippen LogP contribution in [0.1, 0.15) is 30.5 Å². The van der Waals surface area contributed by atoms with Crippen molar-refractivity contribution in [3.8, 4) is 0 Å². The monoisotopic (exact) mass is 307 g/mol. The van der Waals surface area contributed by atoms with Crippen LogP contribution in [0, 0.1) is 0 Å². The summed E-state index contributed by atoms with van der Waals surface area (Å²) < 4.78 is 5.19. The van der Waals surface area contributed by atoms with E-state index in [9.17, 15) is 4.79 Å². The molecule has 1 aliphatic carbocycles. The number of rotatable bonds is 6. The van der Waals surface area contributed by atoms with Crippen LogP contribution in [0.5, 0.6) is 0 Å². The van der Waals surface area contributed by atoms with Crippen molar-refractivity contribution in [1.82, 2.24) is 10.1 Å². The molecular formula is C14H14ClN3O3. The van der Waals surface area contributed by atoms with E-state index in [0.29, 0.717) is 28.3 Å². The number of nitrogens with zero attached hydrogens (tertiary/aromatic N) is 3. The smallest absolute Gasteiger partial charge is 0.323 e. The van der Waals surface area contributed by atoms with Crippen LogP contribution < -0.4 is 4.90 Å². The van der Waals surface area contributed by atoms with Crippen LogP contribution in [0.4, 0.5) is 5.69 Å². The number of benzene rings is 1. The van der Waals surface area contributed by atoms with Gasteiger partial charge in [0.05, 0.1) is 6.54 Å². The lowest BCUT2D eigenvalue weighted by molar-refractivity contribution is -0.135. The molecule has 0 amide bonds. The number of carbonyl (C=O) groups is 1. The zero-order valence-electron chi connectivity index (χ0n) is 11.2. The van der Waals surface area contributed by atoms with Gasteiger partial charge in [-0.3, -0.25) is 4.79 Å². The van der Waals surface area contributed by atoms with Gasteiger partial charge in [-0.15, -0.1) is 0 Å². The summed E-state index contributed by atoms with van der Waals surface area (Å²) in [6, 6.07) is 7.03. The maximum Gasteiger partial charge on any atom is 0.323 e. The molecule has 1 fully saturated rings. The summed E-state index contributed by atoms with van der Waals surface area (Å²) in [4.78, 5) is 17.0. The Morgan fingerprint density at radius 2 is 2.29 bits per heavy atom. The Morgan fingerprint density at radius 3 is 2.95 bits per heavy atom. The number of hydrogen-bond acceptors (Lipinski definition) is 5. The van der Waals surface area contributed by atoms with Gasteiger partial charge in [-0.25, -0.2) is 0 Å². The number of hydrogen-bond donors (Lipinski definition) is 1. The number of aliphatic carboxylic acids is 1. The Labute approximate surface area is 126 Å². The number of anilines is 1. The molecule has 6 nitrogen and oxygen atoms in total. The zero-order valence-corrected chi connectivity index (χ0v) is 12.0. The van der Waals surface area contributed by atoms with Gasteiger partial charge in [0.15, 0.2) is 5.82 Å². The van der Waals surface area contributed by atoms with Gasteiger partial charge in [-0.2, -0.15) is 4.98 Å². The molecule has 1 saturated carbocycles. The van der Waals surface area contributed by atoms with E-state index < -0.39 is 5.97 Å². The highest BCUT2D eigenvalue weighted by Gasteiger charge is 2.29. The Balaban J connectivity index is 1.79. The van der Waals surface area contributed by atoms with E-state index in [2.05, 4.69) is 10.1 Å². The molecule has 0 unspecified atom stereocenters. The maximum atomic E-state index is 11.0. The fourth-order valence-corrected chi connectivity index (χ4v) is 2.26. The molecule has 0 aliphatic heterocycles. The largest absolute Gasteiger partial charge is 0.480 e. The molecule has 0 spiro atoms. The average Bonchev–Trinajstić information content (AvgIpc) is 3.18. The van der Waals surface area contributed by atoms with Crippen LogP contribution >= 0.6 is 11.6 Å². The summed E-state index contributed by atoms with van der Waals surface area (Å²) in [7, 11) is 0. The van der Waals surface area contributed by atoms with Crippen molar-refractivity contribution < 1.29 is 14.4 Å². The van der Waals surface area contributed by atoms with Gasteiger partial charge in [-0.1, -0.05) is 22.8 Å². The lowest BCUT2D eigenvalue weighted by atomic mass is 10.2. The van der Waals surface area contributed by atoms with E-state index in [1.165, 1.54) is 0 Å². The summed E-state index contributed by atoms with van der Waals surface area (Å²) in [5.41, 5.74) is 0.711. The van der Waals surface area contributed by atoms with Crippen LogP contribution in [-0.4, -0.2) is 27.8 Å². The fraction of sp³-hybridized carbons (Fsp3) is 0.357. The standard InChI is InChI=1S/C14H14ClN3O3/c15-10-2-1-3-11(6-10)18(8-13(19)20)7-12-16-14(21-17-12)9-4-5-9/h1-3,6,9H,4-5,7-8H2,(H,19,20). The van der Waals surface area contributed by atoms with Gasteiger partial charge < -0.3 is 14.5 Å². The fourth-order valence-electron chi connectivity index (χ4n) is 2.07. The van der Waals surface area contributed by atoms with Crippen molar-refractivity contribution in [2.75, 3.05) is 11.4 Å². The number of carboxylic acid groups (broad SMARTS) is 1. The first-order chi connectivity index (χ1) is 10.1. The van der Waals surface area contributed by atoms with Crippen molar-refractivity contribution in [3.05, 3.63) is 41.0 Å². The van der Waals surface area contributed by atoms with Gasteiger partial charge in [0.2, 0.25) is 5.89 Å². The van der Waals surface area contributed by atoms with Gasteiger partial charge in [-0.05, 0) is 31.0 Å². The van der Waals surface area contributed by atoms with Gasteiger partial charge >= 0.3 is 5.97 Å². The number of halogens is 1. The van der Waals surface area contributed by atoms with Crippen LogP contribution in [0.25, 0.3) is 0 Å². The lowest BCUT2D eigenvalue weighted by Gasteiger charge is -2.21. The van der Waals surface area contributed by atoms with Gasteiger partial charge in [0, 0.05) is 16.6 Å². The van der Waals surface area contributed by atoms with Gasteiger partial charge in [0.25, 0.3) is 0 Å². The molecule has 1 aromatic heterocycles. The predicted octanol–water partition coefficient (Wildman–Crippen LogP) is 2.69. The average molecular weight is 308 g/mol. The maximum absolute atomic E-state index is 11.0. The predicted molar refractivity (Wildman–Crippen MR) is 76.4 cm³/mol. The normalized spacial score (nSPS) is 14.1. The van der Waals surface area contributed by atoms with E-state index in [4.69, 9.17) is 21.2 Å². The minimum Gasteiger partial charge on any atom is -0.480 e. The highest BCUT2D eigenvalue weighted by atomic mass is 35.5. The first-order valence-electron chi connectivity index (χ1n) is 6.66. The Morgan fingerprint density at radius 1 is 1.48 bits per heavy atom. The molecule has 0 radical (unpaired) electrons. The number of aromatic nitrogens is 2. The van der Waals surface area contributed by atoms with Crippen molar-refractivity contribution in [3.63, 3.8) is 0 Å². The van der Waals surface area contributed by atoms with Crippen molar-refractivity contribution in [2.45, 2.75) is 25.3 Å². The molecule has 1 N–H and O–H groups in total. The Hall–Kier alpha value is -2.08. The van der Waals surface area contributed by atoms with E-state index in [1.807, 2.05) is 0 Å². The zero-order chi connectivity index (χ0) is 14.8. The molecule has 1 aromatic carbocycles. The second kappa shape index (κ2) is 5.73. The minimum atomic E-state index is -0.930. The second-order valence-electron chi connectivity index (χ2n) is 5.05. The van der Waals surface area contributed by atoms with E-state index in [-0.39, 0.29) is 13.1 Å². The molecule has 1 aliphatic rings. The summed E-state index contributed by atoms with van der Waals surface area (Å²) in [5, 5.41) is 13.5. The van der Waals surface area contributed by atoms with Gasteiger partial charge in [0.1, 0.15) is 6.54 Å². The summed E-state index contributed by atoms with van der Waals surface area (Å²) >= 11 is 5.96. The van der Waals surface area contributed by atoms with Crippen LogP contribution in [-0.2, 0) is 11.3 Å². The molecule has 2 aromatic rings. The Bertz CT molecular complexity index is 654.